The van der Waals surface area contributed by atoms with Gasteiger partial charge in [-0.2, -0.15) is 0 Å². The lowest BCUT2D eigenvalue weighted by Gasteiger charge is -2.15. The molecule has 1 aliphatic rings. The minimum atomic E-state index is -1.09. The summed E-state index contributed by atoms with van der Waals surface area (Å²) in [6, 6.07) is 8.68. The van der Waals surface area contributed by atoms with Gasteiger partial charge in [0.1, 0.15) is 0 Å². The fraction of sp³-hybridized carbons (Fsp3) is 0.429. The van der Waals surface area contributed by atoms with E-state index < -0.39 is 12.1 Å². The van der Waals surface area contributed by atoms with Crippen molar-refractivity contribution >= 4 is 12.1 Å². The van der Waals surface area contributed by atoms with E-state index in [9.17, 15) is 9.59 Å². The van der Waals surface area contributed by atoms with Crippen LogP contribution in [0.3, 0.4) is 0 Å². The molecular formula is C14H23N3O3. The predicted molar refractivity (Wildman–Crippen MR) is 77.5 cm³/mol. The highest BCUT2D eigenvalue weighted by molar-refractivity contribution is 5.95. The van der Waals surface area contributed by atoms with Crippen molar-refractivity contribution in [2.45, 2.75) is 38.1 Å². The molecule has 1 aromatic rings. The maximum absolute atomic E-state index is 10.9. The first kappa shape index (κ1) is 18.1. The topological polar surface area (TPSA) is 130 Å². The molecule has 0 heterocycles. The molecule has 1 aliphatic carbocycles. The van der Waals surface area contributed by atoms with Crippen molar-refractivity contribution < 1.29 is 14.3 Å². The van der Waals surface area contributed by atoms with Crippen LogP contribution in [0.4, 0.5) is 4.79 Å². The van der Waals surface area contributed by atoms with Gasteiger partial charge in [0.2, 0.25) is 0 Å². The molecular weight excluding hydrogens is 258 g/mol. The van der Waals surface area contributed by atoms with Crippen molar-refractivity contribution in [3.63, 3.8) is 0 Å². The summed E-state index contributed by atoms with van der Waals surface area (Å²) >= 11 is 0. The van der Waals surface area contributed by atoms with Crippen LogP contribution >= 0.6 is 0 Å². The quantitative estimate of drug-likeness (QED) is 0.537. The van der Waals surface area contributed by atoms with E-state index in [2.05, 4.69) is 10.5 Å². The Kier molecular flexibility index (Phi) is 8.98. The summed E-state index contributed by atoms with van der Waals surface area (Å²) in [5.41, 5.74) is 10.6. The van der Waals surface area contributed by atoms with Crippen molar-refractivity contribution in [1.82, 2.24) is 6.15 Å². The van der Waals surface area contributed by atoms with E-state index in [4.69, 9.17) is 5.73 Å². The monoisotopic (exact) mass is 281 g/mol. The Hall–Kier alpha value is -1.92. The third-order valence-corrected chi connectivity index (χ3v) is 2.85. The molecule has 7 N–H and O–H groups in total. The van der Waals surface area contributed by atoms with E-state index in [1.807, 2.05) is 0 Å². The average molecular weight is 281 g/mol. The number of amides is 1. The van der Waals surface area contributed by atoms with E-state index in [1.54, 1.807) is 18.2 Å². The molecule has 1 aromatic carbocycles. The molecule has 1 saturated carbocycles. The Morgan fingerprint density at radius 1 is 1.05 bits per heavy atom. The molecule has 112 valence electrons. The fourth-order valence-electron chi connectivity index (χ4n) is 1.86. The maximum Gasteiger partial charge on any atom is 0.412 e. The summed E-state index contributed by atoms with van der Waals surface area (Å²) in [4.78, 5) is 21.1. The second kappa shape index (κ2) is 9.94. The van der Waals surface area contributed by atoms with E-state index in [1.165, 1.54) is 44.2 Å². The lowest BCUT2D eigenvalue weighted by atomic mass is 9.97. The standard InChI is InChI=1S/C8H7NO3.C6H13N.H3N/c9-8(11)12-7(10)6-4-2-1-3-5-6;7-6-4-2-1-3-5-6;/h1-5H,(H2,9,11);6H,1-5,7H2;1H3. The number of carbonyl (C=O) groups is 2. The van der Waals surface area contributed by atoms with Crippen molar-refractivity contribution in [2.24, 2.45) is 11.5 Å². The molecule has 2 rings (SSSR count). The first-order valence-corrected chi connectivity index (χ1v) is 6.42. The highest BCUT2D eigenvalue weighted by atomic mass is 16.6. The molecule has 20 heavy (non-hydrogen) atoms. The number of benzene rings is 1. The average Bonchev–Trinajstić information content (AvgIpc) is 2.40. The fourth-order valence-corrected chi connectivity index (χ4v) is 1.86. The molecule has 1 fully saturated rings. The summed E-state index contributed by atoms with van der Waals surface area (Å²) in [6.45, 7) is 0. The van der Waals surface area contributed by atoms with Crippen LogP contribution < -0.4 is 17.6 Å². The highest BCUT2D eigenvalue weighted by Gasteiger charge is 2.08. The predicted octanol–water partition coefficient (Wildman–Crippen LogP) is 2.36. The van der Waals surface area contributed by atoms with Gasteiger partial charge in [0.15, 0.2) is 0 Å². The lowest BCUT2D eigenvalue weighted by molar-refractivity contribution is 0.0638. The van der Waals surface area contributed by atoms with E-state index in [-0.39, 0.29) is 6.15 Å². The molecule has 0 atom stereocenters. The van der Waals surface area contributed by atoms with Crippen LogP contribution in [0.1, 0.15) is 42.5 Å². The zero-order chi connectivity index (χ0) is 14.1. The van der Waals surface area contributed by atoms with Gasteiger partial charge >= 0.3 is 12.1 Å². The Morgan fingerprint density at radius 3 is 2.00 bits per heavy atom. The number of primary amides is 1. The Morgan fingerprint density at radius 2 is 1.60 bits per heavy atom. The molecule has 0 unspecified atom stereocenters. The van der Waals surface area contributed by atoms with Gasteiger partial charge in [0, 0.05) is 6.04 Å². The SMILES string of the molecule is N.NC(=O)OC(=O)c1ccccc1.NC1CCCCC1. The minimum absolute atomic E-state index is 0. The molecule has 0 aromatic heterocycles. The van der Waals surface area contributed by atoms with Gasteiger partial charge in [-0.1, -0.05) is 37.5 Å². The summed E-state index contributed by atoms with van der Waals surface area (Å²) in [7, 11) is 0. The Bertz CT molecular complexity index is 403. The van der Waals surface area contributed by atoms with Crippen LogP contribution in [0.5, 0.6) is 0 Å². The van der Waals surface area contributed by atoms with Crippen LogP contribution in [-0.2, 0) is 4.74 Å². The van der Waals surface area contributed by atoms with Gasteiger partial charge in [-0.15, -0.1) is 0 Å². The number of esters is 1. The van der Waals surface area contributed by atoms with E-state index in [0.29, 0.717) is 11.6 Å². The van der Waals surface area contributed by atoms with Gasteiger partial charge in [-0.3, -0.25) is 0 Å². The number of hydrogen-bond acceptors (Lipinski definition) is 5. The number of carbonyl (C=O) groups excluding carboxylic acids is 2. The number of ether oxygens (including phenoxy) is 1. The van der Waals surface area contributed by atoms with Gasteiger partial charge < -0.3 is 22.4 Å². The van der Waals surface area contributed by atoms with E-state index in [0.717, 1.165) is 0 Å². The van der Waals surface area contributed by atoms with Crippen LogP contribution in [0.25, 0.3) is 0 Å². The van der Waals surface area contributed by atoms with Crippen LogP contribution in [-0.4, -0.2) is 18.1 Å². The van der Waals surface area contributed by atoms with Gasteiger partial charge in [0.25, 0.3) is 0 Å². The molecule has 6 heteroatoms. The van der Waals surface area contributed by atoms with E-state index >= 15 is 0 Å². The second-order valence-electron chi connectivity index (χ2n) is 4.47. The van der Waals surface area contributed by atoms with Crippen LogP contribution in [0, 0.1) is 0 Å². The zero-order valence-electron chi connectivity index (χ0n) is 11.6. The van der Waals surface area contributed by atoms with Gasteiger partial charge in [-0.25, -0.2) is 9.59 Å². The minimum Gasteiger partial charge on any atom is -0.373 e. The third-order valence-electron chi connectivity index (χ3n) is 2.85. The van der Waals surface area contributed by atoms with Gasteiger partial charge in [0.05, 0.1) is 5.56 Å². The van der Waals surface area contributed by atoms with Crippen molar-refractivity contribution in [3.8, 4) is 0 Å². The number of hydrogen-bond donors (Lipinski definition) is 3. The molecule has 6 nitrogen and oxygen atoms in total. The van der Waals surface area contributed by atoms with Crippen molar-refractivity contribution in [3.05, 3.63) is 35.9 Å². The van der Waals surface area contributed by atoms with Crippen LogP contribution in [0.2, 0.25) is 0 Å². The van der Waals surface area contributed by atoms with Gasteiger partial charge in [-0.05, 0) is 25.0 Å². The van der Waals surface area contributed by atoms with Crippen LogP contribution in [0.15, 0.2) is 30.3 Å². The normalized spacial score (nSPS) is 14.2. The first-order chi connectivity index (χ1) is 9.09. The molecule has 1 amide bonds. The Labute approximate surface area is 119 Å². The highest BCUT2D eigenvalue weighted by Crippen LogP contribution is 2.14. The molecule has 0 saturated heterocycles. The molecule has 0 aliphatic heterocycles. The zero-order valence-corrected chi connectivity index (χ0v) is 11.6. The first-order valence-electron chi connectivity index (χ1n) is 6.42. The molecule has 0 radical (unpaired) electrons. The number of rotatable bonds is 1. The molecule has 0 bridgehead atoms. The summed E-state index contributed by atoms with van der Waals surface area (Å²) in [6.07, 6.45) is 5.57. The largest absolute Gasteiger partial charge is 0.412 e. The molecule has 0 spiro atoms. The summed E-state index contributed by atoms with van der Waals surface area (Å²) < 4.78 is 4.14. The smallest absolute Gasteiger partial charge is 0.373 e. The lowest BCUT2D eigenvalue weighted by Crippen LogP contribution is -2.22. The summed E-state index contributed by atoms with van der Waals surface area (Å²) in [5, 5.41) is 0. The van der Waals surface area contributed by atoms with Crippen molar-refractivity contribution in [2.75, 3.05) is 0 Å². The number of nitrogens with two attached hydrogens (primary N) is 2. The third kappa shape index (κ3) is 7.50. The van der Waals surface area contributed by atoms with Crippen molar-refractivity contribution in [1.29, 1.82) is 0 Å². The summed E-state index contributed by atoms with van der Waals surface area (Å²) in [5.74, 6) is -0.733. The maximum atomic E-state index is 10.9. The Balaban J connectivity index is 0.000000387. The second-order valence-corrected chi connectivity index (χ2v) is 4.47.